The summed E-state index contributed by atoms with van der Waals surface area (Å²) in [5.74, 6) is -0.384. The van der Waals surface area contributed by atoms with Crippen molar-refractivity contribution >= 4 is 23.2 Å². The Morgan fingerprint density at radius 2 is 2.15 bits per heavy atom. The van der Waals surface area contributed by atoms with Gasteiger partial charge in [-0.3, -0.25) is 14.5 Å². The molecule has 0 aliphatic heterocycles. The number of likely N-dealkylation sites (N-methyl/N-ethyl adjacent to an activating group) is 1. The zero-order valence-corrected chi connectivity index (χ0v) is 13.0. The number of carbonyl (C=O) groups excluding carboxylic acids is 2. The maximum absolute atomic E-state index is 12.0. The van der Waals surface area contributed by atoms with Crippen molar-refractivity contribution in [2.24, 2.45) is 0 Å². The van der Waals surface area contributed by atoms with E-state index < -0.39 is 0 Å². The highest BCUT2D eigenvalue weighted by Gasteiger charge is 2.16. The Labute approximate surface area is 123 Å². The molecule has 112 valence electrons. The van der Waals surface area contributed by atoms with Gasteiger partial charge in [0, 0.05) is 4.88 Å². The van der Waals surface area contributed by atoms with Crippen LogP contribution in [-0.2, 0) is 14.3 Å². The van der Waals surface area contributed by atoms with E-state index in [2.05, 4.69) is 5.32 Å². The van der Waals surface area contributed by atoms with Gasteiger partial charge in [0.05, 0.1) is 25.7 Å². The number of nitrogens with zero attached hydrogens (tertiary/aromatic N) is 1. The minimum absolute atomic E-state index is 0.0104. The highest BCUT2D eigenvalue weighted by atomic mass is 32.1. The van der Waals surface area contributed by atoms with Crippen LogP contribution in [0.3, 0.4) is 0 Å². The van der Waals surface area contributed by atoms with Gasteiger partial charge in [0.1, 0.15) is 0 Å². The molecule has 5 nitrogen and oxygen atoms in total. The second-order valence-electron chi connectivity index (χ2n) is 4.41. The van der Waals surface area contributed by atoms with E-state index in [0.29, 0.717) is 13.2 Å². The third-order valence-corrected chi connectivity index (χ3v) is 3.87. The highest BCUT2D eigenvalue weighted by Crippen LogP contribution is 2.17. The van der Waals surface area contributed by atoms with E-state index in [0.717, 1.165) is 4.88 Å². The van der Waals surface area contributed by atoms with Gasteiger partial charge in [-0.2, -0.15) is 0 Å². The van der Waals surface area contributed by atoms with E-state index in [9.17, 15) is 9.59 Å². The quantitative estimate of drug-likeness (QED) is 0.744. The molecule has 0 aliphatic carbocycles. The topological polar surface area (TPSA) is 58.6 Å². The molecule has 6 heteroatoms. The van der Waals surface area contributed by atoms with Crippen molar-refractivity contribution in [1.29, 1.82) is 0 Å². The average molecular weight is 298 g/mol. The summed E-state index contributed by atoms with van der Waals surface area (Å²) in [6.45, 7) is 6.96. The molecule has 1 aromatic rings. The summed E-state index contributed by atoms with van der Waals surface area (Å²) >= 11 is 1.61. The lowest BCUT2D eigenvalue weighted by molar-refractivity contribution is -0.144. The Bertz CT molecular complexity index is 420. The van der Waals surface area contributed by atoms with Crippen molar-refractivity contribution in [3.05, 3.63) is 22.4 Å². The number of ether oxygens (including phenoxy) is 1. The number of esters is 1. The van der Waals surface area contributed by atoms with Crippen LogP contribution in [0.25, 0.3) is 0 Å². The Balaban J connectivity index is 2.41. The molecule has 1 amide bonds. The van der Waals surface area contributed by atoms with Crippen LogP contribution in [0.1, 0.15) is 31.7 Å². The standard InChI is InChI=1S/C14H22N2O3S/c1-4-16(10-14(18)19-5-2)9-13(17)15-11(3)12-7-6-8-20-12/h6-8,11H,4-5,9-10H2,1-3H3,(H,15,17). The van der Waals surface area contributed by atoms with E-state index >= 15 is 0 Å². The Morgan fingerprint density at radius 1 is 1.40 bits per heavy atom. The van der Waals surface area contributed by atoms with Gasteiger partial charge in [-0.1, -0.05) is 13.0 Å². The normalized spacial score (nSPS) is 12.2. The van der Waals surface area contributed by atoms with Crippen molar-refractivity contribution < 1.29 is 14.3 Å². The molecule has 0 saturated heterocycles. The number of nitrogens with one attached hydrogen (secondary N) is 1. The number of hydrogen-bond donors (Lipinski definition) is 1. The smallest absolute Gasteiger partial charge is 0.320 e. The third kappa shape index (κ3) is 5.71. The molecule has 1 unspecified atom stereocenters. The Kier molecular flexibility index (Phi) is 7.25. The maximum Gasteiger partial charge on any atom is 0.320 e. The minimum atomic E-state index is -0.298. The average Bonchev–Trinajstić information content (AvgIpc) is 2.92. The SMILES string of the molecule is CCOC(=O)CN(CC)CC(=O)NC(C)c1cccs1. The van der Waals surface area contributed by atoms with Gasteiger partial charge in [-0.05, 0) is 31.8 Å². The first-order valence-electron chi connectivity index (χ1n) is 6.77. The van der Waals surface area contributed by atoms with Crippen LogP contribution in [0.15, 0.2) is 17.5 Å². The van der Waals surface area contributed by atoms with E-state index in [1.807, 2.05) is 31.4 Å². The molecule has 1 aromatic heterocycles. The number of thiophene rings is 1. The summed E-state index contributed by atoms with van der Waals surface area (Å²) < 4.78 is 4.89. The highest BCUT2D eigenvalue weighted by molar-refractivity contribution is 7.10. The monoisotopic (exact) mass is 298 g/mol. The third-order valence-electron chi connectivity index (χ3n) is 2.82. The van der Waals surface area contributed by atoms with Crippen LogP contribution in [0.5, 0.6) is 0 Å². The van der Waals surface area contributed by atoms with Crippen LogP contribution >= 0.6 is 11.3 Å². The van der Waals surface area contributed by atoms with Gasteiger partial charge in [-0.25, -0.2) is 0 Å². The van der Waals surface area contributed by atoms with Crippen LogP contribution in [-0.4, -0.2) is 43.0 Å². The number of amides is 1. The molecule has 1 atom stereocenters. The fraction of sp³-hybridized carbons (Fsp3) is 0.571. The predicted molar refractivity (Wildman–Crippen MR) is 79.6 cm³/mol. The molecule has 0 aliphatic rings. The van der Waals surface area contributed by atoms with E-state index in [1.54, 1.807) is 23.2 Å². The van der Waals surface area contributed by atoms with E-state index in [1.165, 1.54) is 0 Å². The number of carbonyl (C=O) groups is 2. The molecule has 20 heavy (non-hydrogen) atoms. The lowest BCUT2D eigenvalue weighted by Crippen LogP contribution is -2.40. The summed E-state index contributed by atoms with van der Waals surface area (Å²) in [6.07, 6.45) is 0. The van der Waals surface area contributed by atoms with Gasteiger partial charge in [-0.15, -0.1) is 11.3 Å². The molecule has 0 fully saturated rings. The molecule has 0 aromatic carbocycles. The van der Waals surface area contributed by atoms with Crippen LogP contribution in [0, 0.1) is 0 Å². The van der Waals surface area contributed by atoms with Crippen molar-refractivity contribution in [2.45, 2.75) is 26.8 Å². The van der Waals surface area contributed by atoms with Crippen molar-refractivity contribution in [2.75, 3.05) is 26.2 Å². The second-order valence-corrected chi connectivity index (χ2v) is 5.39. The van der Waals surface area contributed by atoms with Gasteiger partial charge in [0.25, 0.3) is 0 Å². The van der Waals surface area contributed by atoms with E-state index in [-0.39, 0.29) is 31.0 Å². The fourth-order valence-electron chi connectivity index (χ4n) is 1.77. The molecule has 0 radical (unpaired) electrons. The van der Waals surface area contributed by atoms with E-state index in [4.69, 9.17) is 4.74 Å². The Hall–Kier alpha value is -1.40. The summed E-state index contributed by atoms with van der Waals surface area (Å²) in [4.78, 5) is 26.2. The van der Waals surface area contributed by atoms with Crippen LogP contribution < -0.4 is 5.32 Å². The summed E-state index contributed by atoms with van der Waals surface area (Å²) in [7, 11) is 0. The zero-order chi connectivity index (χ0) is 15.0. The van der Waals surface area contributed by atoms with Gasteiger partial charge in [0.2, 0.25) is 5.91 Å². The van der Waals surface area contributed by atoms with Crippen LogP contribution in [0.4, 0.5) is 0 Å². The molecule has 0 spiro atoms. The zero-order valence-electron chi connectivity index (χ0n) is 12.2. The lowest BCUT2D eigenvalue weighted by Gasteiger charge is -2.20. The number of rotatable bonds is 8. The van der Waals surface area contributed by atoms with Crippen molar-refractivity contribution in [3.8, 4) is 0 Å². The van der Waals surface area contributed by atoms with Crippen molar-refractivity contribution in [1.82, 2.24) is 10.2 Å². The molecule has 0 bridgehead atoms. The molecule has 0 saturated carbocycles. The first-order chi connectivity index (χ1) is 9.56. The first-order valence-corrected chi connectivity index (χ1v) is 7.65. The van der Waals surface area contributed by atoms with Crippen LogP contribution in [0.2, 0.25) is 0 Å². The number of hydrogen-bond acceptors (Lipinski definition) is 5. The first kappa shape index (κ1) is 16.7. The molecular formula is C14H22N2O3S. The van der Waals surface area contributed by atoms with Gasteiger partial charge in [0.15, 0.2) is 0 Å². The Morgan fingerprint density at radius 3 is 2.70 bits per heavy atom. The maximum atomic E-state index is 12.0. The molecule has 1 N–H and O–H groups in total. The summed E-state index contributed by atoms with van der Waals surface area (Å²) in [6, 6.07) is 3.94. The lowest BCUT2D eigenvalue weighted by atomic mass is 10.2. The molecule has 1 heterocycles. The summed E-state index contributed by atoms with van der Waals surface area (Å²) in [5.41, 5.74) is 0. The summed E-state index contributed by atoms with van der Waals surface area (Å²) in [5, 5.41) is 4.91. The van der Waals surface area contributed by atoms with Gasteiger partial charge >= 0.3 is 5.97 Å². The fourth-order valence-corrected chi connectivity index (χ4v) is 2.50. The van der Waals surface area contributed by atoms with Gasteiger partial charge < -0.3 is 10.1 Å². The van der Waals surface area contributed by atoms with Crippen molar-refractivity contribution in [3.63, 3.8) is 0 Å². The second kappa shape index (κ2) is 8.71. The largest absolute Gasteiger partial charge is 0.465 e. The predicted octanol–water partition coefficient (Wildman–Crippen LogP) is 1.81. The molecular weight excluding hydrogens is 276 g/mol. The minimum Gasteiger partial charge on any atom is -0.465 e. The molecule has 1 rings (SSSR count).